The maximum absolute atomic E-state index is 4.53. The molecule has 1 aliphatic rings. The maximum Gasteiger partial charge on any atom is 0.207 e. The number of rotatable bonds is 5. The molecule has 1 aliphatic carbocycles. The average Bonchev–Trinajstić information content (AvgIpc) is 3.03. The summed E-state index contributed by atoms with van der Waals surface area (Å²) in [5, 5.41) is 4.19. The smallest absolute Gasteiger partial charge is 0.207 e. The standard InChI is InChI=1S/C15H15N5S/c1-5-13(6-2-11(1)9-20-8-7-16-10-20)17-15-18-14(19-21-15)12-3-4-12/h1-2,5-8,10,12H,3-4,9H2,(H,17,18,19). The number of imidazole rings is 1. The fourth-order valence-corrected chi connectivity index (χ4v) is 2.87. The Morgan fingerprint density at radius 2 is 2.10 bits per heavy atom. The van der Waals surface area contributed by atoms with Crippen LogP contribution in [0.2, 0.25) is 0 Å². The Bertz CT molecular complexity index is 713. The molecule has 1 aromatic carbocycles. The number of hydrogen-bond donors (Lipinski definition) is 1. The predicted molar refractivity (Wildman–Crippen MR) is 82.9 cm³/mol. The summed E-state index contributed by atoms with van der Waals surface area (Å²) in [6.45, 7) is 0.838. The largest absolute Gasteiger partial charge is 0.333 e. The van der Waals surface area contributed by atoms with Gasteiger partial charge in [-0.1, -0.05) is 12.1 Å². The molecule has 0 radical (unpaired) electrons. The van der Waals surface area contributed by atoms with Crippen LogP contribution in [0.1, 0.15) is 30.1 Å². The van der Waals surface area contributed by atoms with Gasteiger partial charge in [-0.2, -0.15) is 4.37 Å². The first-order valence-electron chi connectivity index (χ1n) is 7.02. The molecule has 0 unspecified atom stereocenters. The first kappa shape index (κ1) is 12.5. The van der Waals surface area contributed by atoms with Crippen molar-refractivity contribution in [2.24, 2.45) is 0 Å². The number of nitrogens with zero attached hydrogens (tertiary/aromatic N) is 4. The van der Waals surface area contributed by atoms with Gasteiger partial charge >= 0.3 is 0 Å². The minimum Gasteiger partial charge on any atom is -0.333 e. The summed E-state index contributed by atoms with van der Waals surface area (Å²) in [6, 6.07) is 8.38. The van der Waals surface area contributed by atoms with Gasteiger partial charge < -0.3 is 9.88 Å². The van der Waals surface area contributed by atoms with E-state index in [1.807, 2.05) is 12.5 Å². The fraction of sp³-hybridized carbons (Fsp3) is 0.267. The zero-order chi connectivity index (χ0) is 14.1. The van der Waals surface area contributed by atoms with Gasteiger partial charge in [-0.25, -0.2) is 9.97 Å². The molecule has 4 rings (SSSR count). The number of hydrogen-bond acceptors (Lipinski definition) is 5. The molecular weight excluding hydrogens is 282 g/mol. The van der Waals surface area contributed by atoms with Crippen LogP contribution in [-0.2, 0) is 6.54 Å². The van der Waals surface area contributed by atoms with Gasteiger partial charge in [0, 0.05) is 42.1 Å². The van der Waals surface area contributed by atoms with Crippen LogP contribution in [0.3, 0.4) is 0 Å². The number of nitrogens with one attached hydrogen (secondary N) is 1. The summed E-state index contributed by atoms with van der Waals surface area (Å²) < 4.78 is 6.45. The molecule has 1 fully saturated rings. The number of aromatic nitrogens is 4. The molecule has 5 nitrogen and oxygen atoms in total. The fourth-order valence-electron chi connectivity index (χ4n) is 2.20. The third-order valence-electron chi connectivity index (χ3n) is 3.51. The minimum atomic E-state index is 0.606. The highest BCUT2D eigenvalue weighted by molar-refractivity contribution is 7.09. The molecule has 2 heterocycles. The summed E-state index contributed by atoms with van der Waals surface area (Å²) in [5.41, 5.74) is 2.29. The predicted octanol–water partition coefficient (Wildman–Crippen LogP) is 3.40. The van der Waals surface area contributed by atoms with Gasteiger partial charge in [0.15, 0.2) is 0 Å². The highest BCUT2D eigenvalue weighted by atomic mass is 32.1. The summed E-state index contributed by atoms with van der Waals surface area (Å²) >= 11 is 1.44. The molecule has 2 aromatic heterocycles. The molecule has 106 valence electrons. The van der Waals surface area contributed by atoms with E-state index in [1.54, 1.807) is 6.20 Å². The van der Waals surface area contributed by atoms with Gasteiger partial charge in [0.25, 0.3) is 0 Å². The Morgan fingerprint density at radius 3 is 2.81 bits per heavy atom. The molecule has 21 heavy (non-hydrogen) atoms. The van der Waals surface area contributed by atoms with E-state index < -0.39 is 0 Å². The molecule has 1 saturated carbocycles. The van der Waals surface area contributed by atoms with Crippen molar-refractivity contribution >= 4 is 22.4 Å². The van der Waals surface area contributed by atoms with E-state index in [9.17, 15) is 0 Å². The Kier molecular flexibility index (Phi) is 3.16. The van der Waals surface area contributed by atoms with Crippen molar-refractivity contribution in [3.8, 4) is 0 Å². The van der Waals surface area contributed by atoms with Gasteiger partial charge in [-0.05, 0) is 30.5 Å². The van der Waals surface area contributed by atoms with Crippen LogP contribution >= 0.6 is 11.5 Å². The Labute approximate surface area is 126 Å². The monoisotopic (exact) mass is 297 g/mol. The van der Waals surface area contributed by atoms with Crippen molar-refractivity contribution in [2.75, 3.05) is 5.32 Å². The number of anilines is 2. The molecule has 0 saturated heterocycles. The van der Waals surface area contributed by atoms with Crippen LogP contribution in [0, 0.1) is 0 Å². The van der Waals surface area contributed by atoms with Gasteiger partial charge in [-0.15, -0.1) is 0 Å². The second kappa shape index (κ2) is 5.29. The third kappa shape index (κ3) is 2.95. The molecule has 0 atom stereocenters. The topological polar surface area (TPSA) is 55.6 Å². The summed E-state index contributed by atoms with van der Waals surface area (Å²) in [4.78, 5) is 8.58. The average molecular weight is 297 g/mol. The highest BCUT2D eigenvalue weighted by Crippen LogP contribution is 2.39. The van der Waals surface area contributed by atoms with Gasteiger partial charge in [0.05, 0.1) is 6.33 Å². The van der Waals surface area contributed by atoms with Crippen LogP contribution in [0.4, 0.5) is 10.8 Å². The summed E-state index contributed by atoms with van der Waals surface area (Å²) in [6.07, 6.45) is 8.06. The first-order valence-corrected chi connectivity index (χ1v) is 7.79. The lowest BCUT2D eigenvalue weighted by atomic mass is 10.2. The summed E-state index contributed by atoms with van der Waals surface area (Å²) in [5.74, 6) is 1.61. The lowest BCUT2D eigenvalue weighted by Crippen LogP contribution is -1.96. The normalized spacial score (nSPS) is 14.3. The zero-order valence-electron chi connectivity index (χ0n) is 11.4. The van der Waals surface area contributed by atoms with Gasteiger partial charge in [0.2, 0.25) is 5.13 Å². The Balaban J connectivity index is 1.43. The second-order valence-corrected chi connectivity index (χ2v) is 6.04. The highest BCUT2D eigenvalue weighted by Gasteiger charge is 2.27. The van der Waals surface area contributed by atoms with Crippen molar-refractivity contribution in [1.82, 2.24) is 18.9 Å². The van der Waals surface area contributed by atoms with Crippen LogP contribution in [-0.4, -0.2) is 18.9 Å². The van der Waals surface area contributed by atoms with Crippen molar-refractivity contribution < 1.29 is 0 Å². The SMILES string of the molecule is c1cn(Cc2ccc(Nc3nc(C4CC4)ns3)cc2)cn1. The van der Waals surface area contributed by atoms with Crippen LogP contribution in [0.25, 0.3) is 0 Å². The molecule has 6 heteroatoms. The quantitative estimate of drug-likeness (QED) is 0.784. The molecule has 3 aromatic rings. The second-order valence-electron chi connectivity index (χ2n) is 5.29. The lowest BCUT2D eigenvalue weighted by Gasteiger charge is -2.05. The van der Waals surface area contributed by atoms with E-state index >= 15 is 0 Å². The number of benzene rings is 1. The molecule has 0 aliphatic heterocycles. The van der Waals surface area contributed by atoms with E-state index in [2.05, 4.69) is 48.5 Å². The van der Waals surface area contributed by atoms with Crippen LogP contribution in [0.5, 0.6) is 0 Å². The molecule has 0 bridgehead atoms. The van der Waals surface area contributed by atoms with E-state index in [-0.39, 0.29) is 0 Å². The van der Waals surface area contributed by atoms with Crippen LogP contribution in [0.15, 0.2) is 43.0 Å². The van der Waals surface area contributed by atoms with Crippen molar-refractivity contribution in [2.45, 2.75) is 25.3 Å². The van der Waals surface area contributed by atoms with E-state index in [4.69, 9.17) is 0 Å². The maximum atomic E-state index is 4.53. The molecule has 0 spiro atoms. The lowest BCUT2D eigenvalue weighted by molar-refractivity contribution is 0.797. The van der Waals surface area contributed by atoms with Gasteiger partial charge in [-0.3, -0.25) is 0 Å². The third-order valence-corrected chi connectivity index (χ3v) is 4.16. The molecule has 0 amide bonds. The molecular formula is C15H15N5S. The Morgan fingerprint density at radius 1 is 1.24 bits per heavy atom. The van der Waals surface area contributed by atoms with E-state index in [1.165, 1.54) is 29.9 Å². The Hall–Kier alpha value is -2.21. The van der Waals surface area contributed by atoms with E-state index in [0.29, 0.717) is 5.92 Å². The molecule has 1 N–H and O–H groups in total. The minimum absolute atomic E-state index is 0.606. The van der Waals surface area contributed by atoms with E-state index in [0.717, 1.165) is 23.2 Å². The summed E-state index contributed by atoms with van der Waals surface area (Å²) in [7, 11) is 0. The van der Waals surface area contributed by atoms with Crippen LogP contribution < -0.4 is 5.32 Å². The van der Waals surface area contributed by atoms with Crippen molar-refractivity contribution in [3.05, 3.63) is 54.4 Å². The van der Waals surface area contributed by atoms with Crippen molar-refractivity contribution in [3.63, 3.8) is 0 Å². The van der Waals surface area contributed by atoms with Crippen molar-refractivity contribution in [1.29, 1.82) is 0 Å². The van der Waals surface area contributed by atoms with Gasteiger partial charge in [0.1, 0.15) is 5.82 Å². The first-order chi connectivity index (χ1) is 10.4. The zero-order valence-corrected chi connectivity index (χ0v) is 12.3.